The molecule has 1 N–H and O–H groups in total. The van der Waals surface area contributed by atoms with Crippen LogP contribution >= 0.6 is 0 Å². The molecule has 27 heavy (non-hydrogen) atoms. The van der Waals surface area contributed by atoms with Gasteiger partial charge in [0.25, 0.3) is 5.89 Å². The predicted molar refractivity (Wildman–Crippen MR) is 103 cm³/mol. The Bertz CT molecular complexity index is 1100. The van der Waals surface area contributed by atoms with Crippen molar-refractivity contribution in [3.05, 3.63) is 35.8 Å². The number of aromatic amines is 1. The summed E-state index contributed by atoms with van der Waals surface area (Å²) in [6.45, 7) is 6.39. The SMILES string of the molecule is CCc1noc(-c2ncc3[nH]c4ccc(OC(C)C)cc4c3c2COC)n1. The van der Waals surface area contributed by atoms with Gasteiger partial charge in [-0.15, -0.1) is 0 Å². The number of nitrogens with zero attached hydrogens (tertiary/aromatic N) is 3. The molecular weight excluding hydrogens is 344 g/mol. The number of nitrogens with one attached hydrogen (secondary N) is 1. The fourth-order valence-corrected chi connectivity index (χ4v) is 3.25. The molecule has 0 radical (unpaired) electrons. The van der Waals surface area contributed by atoms with E-state index in [4.69, 9.17) is 14.0 Å². The van der Waals surface area contributed by atoms with Crippen molar-refractivity contribution in [1.29, 1.82) is 0 Å². The van der Waals surface area contributed by atoms with Gasteiger partial charge in [-0.2, -0.15) is 4.98 Å². The van der Waals surface area contributed by atoms with Gasteiger partial charge in [-0.05, 0) is 32.0 Å². The second kappa shape index (κ2) is 7.00. The van der Waals surface area contributed by atoms with E-state index in [1.165, 1.54) is 0 Å². The van der Waals surface area contributed by atoms with Crippen LogP contribution in [0.1, 0.15) is 32.2 Å². The Morgan fingerprint density at radius 1 is 1.22 bits per heavy atom. The second-order valence-electron chi connectivity index (χ2n) is 6.68. The lowest BCUT2D eigenvalue weighted by molar-refractivity contribution is 0.186. The molecule has 0 saturated carbocycles. The van der Waals surface area contributed by atoms with Crippen LogP contribution in [0.4, 0.5) is 0 Å². The van der Waals surface area contributed by atoms with E-state index >= 15 is 0 Å². The average molecular weight is 366 g/mol. The molecule has 0 aliphatic carbocycles. The Hall–Kier alpha value is -2.93. The summed E-state index contributed by atoms with van der Waals surface area (Å²) in [6.07, 6.45) is 2.60. The molecule has 0 saturated heterocycles. The molecule has 3 heterocycles. The number of hydrogen-bond acceptors (Lipinski definition) is 6. The van der Waals surface area contributed by atoms with Crippen LogP contribution in [0.5, 0.6) is 5.75 Å². The molecule has 0 bridgehead atoms. The maximum atomic E-state index is 5.87. The van der Waals surface area contributed by atoms with Crippen molar-refractivity contribution in [2.75, 3.05) is 7.11 Å². The predicted octanol–water partition coefficient (Wildman–Crippen LogP) is 4.26. The Morgan fingerprint density at radius 2 is 2.07 bits per heavy atom. The summed E-state index contributed by atoms with van der Waals surface area (Å²) < 4.78 is 16.8. The topological polar surface area (TPSA) is 86.1 Å². The first-order chi connectivity index (χ1) is 13.1. The summed E-state index contributed by atoms with van der Waals surface area (Å²) in [5.74, 6) is 1.89. The molecule has 1 aromatic carbocycles. The summed E-state index contributed by atoms with van der Waals surface area (Å²) in [6, 6.07) is 6.03. The van der Waals surface area contributed by atoms with Gasteiger partial charge >= 0.3 is 0 Å². The molecule has 0 aliphatic rings. The highest BCUT2D eigenvalue weighted by atomic mass is 16.5. The lowest BCUT2D eigenvalue weighted by Crippen LogP contribution is -2.05. The first-order valence-electron chi connectivity index (χ1n) is 9.02. The van der Waals surface area contributed by atoms with E-state index in [2.05, 4.69) is 20.1 Å². The summed E-state index contributed by atoms with van der Waals surface area (Å²) >= 11 is 0. The van der Waals surface area contributed by atoms with E-state index in [0.29, 0.717) is 30.4 Å². The Labute approximate surface area is 156 Å². The second-order valence-corrected chi connectivity index (χ2v) is 6.68. The number of aromatic nitrogens is 4. The molecule has 140 valence electrons. The van der Waals surface area contributed by atoms with Crippen molar-refractivity contribution >= 4 is 21.8 Å². The summed E-state index contributed by atoms with van der Waals surface area (Å²) in [4.78, 5) is 12.4. The number of fused-ring (bicyclic) bond motifs is 3. The molecule has 7 heteroatoms. The van der Waals surface area contributed by atoms with Gasteiger partial charge in [0.2, 0.25) is 0 Å². The van der Waals surface area contributed by atoms with Gasteiger partial charge in [-0.3, -0.25) is 0 Å². The lowest BCUT2D eigenvalue weighted by atomic mass is 10.1. The normalized spacial score (nSPS) is 11.7. The quantitative estimate of drug-likeness (QED) is 0.549. The third kappa shape index (κ3) is 3.14. The van der Waals surface area contributed by atoms with Crippen molar-refractivity contribution in [2.24, 2.45) is 0 Å². The molecule has 0 fully saturated rings. The van der Waals surface area contributed by atoms with Crippen molar-refractivity contribution in [2.45, 2.75) is 39.9 Å². The number of rotatable bonds is 6. The maximum absolute atomic E-state index is 5.87. The Balaban J connectivity index is 1.97. The molecule has 3 aromatic heterocycles. The lowest BCUT2D eigenvalue weighted by Gasteiger charge is -2.10. The van der Waals surface area contributed by atoms with Crippen molar-refractivity contribution < 1.29 is 14.0 Å². The van der Waals surface area contributed by atoms with E-state index in [1.807, 2.05) is 39.0 Å². The van der Waals surface area contributed by atoms with Gasteiger partial charge in [-0.25, -0.2) is 4.98 Å². The number of H-pyrrole nitrogens is 1. The van der Waals surface area contributed by atoms with Crippen LogP contribution in [0.2, 0.25) is 0 Å². The molecule has 4 rings (SSSR count). The van der Waals surface area contributed by atoms with Crippen LogP contribution in [0.15, 0.2) is 28.9 Å². The van der Waals surface area contributed by atoms with Crippen molar-refractivity contribution in [3.8, 4) is 17.3 Å². The van der Waals surface area contributed by atoms with Crippen molar-refractivity contribution in [3.63, 3.8) is 0 Å². The number of pyridine rings is 1. The largest absolute Gasteiger partial charge is 0.491 e. The first-order valence-corrected chi connectivity index (χ1v) is 9.02. The van der Waals surface area contributed by atoms with Crippen molar-refractivity contribution in [1.82, 2.24) is 20.1 Å². The van der Waals surface area contributed by atoms with Gasteiger partial charge < -0.3 is 19.0 Å². The van der Waals surface area contributed by atoms with E-state index in [-0.39, 0.29) is 6.10 Å². The number of benzene rings is 1. The maximum Gasteiger partial charge on any atom is 0.276 e. The molecule has 0 amide bonds. The van der Waals surface area contributed by atoms with Crippen LogP contribution in [0.25, 0.3) is 33.4 Å². The van der Waals surface area contributed by atoms with Gasteiger partial charge in [-0.1, -0.05) is 12.1 Å². The zero-order chi connectivity index (χ0) is 19.0. The van der Waals surface area contributed by atoms with E-state index in [0.717, 1.165) is 33.1 Å². The Morgan fingerprint density at radius 3 is 2.78 bits per heavy atom. The molecule has 7 nitrogen and oxygen atoms in total. The molecular formula is C20H22N4O3. The van der Waals surface area contributed by atoms with E-state index in [9.17, 15) is 0 Å². The fourth-order valence-electron chi connectivity index (χ4n) is 3.25. The molecule has 0 unspecified atom stereocenters. The minimum atomic E-state index is 0.106. The zero-order valence-corrected chi connectivity index (χ0v) is 15.9. The van der Waals surface area contributed by atoms with Crippen LogP contribution in [-0.2, 0) is 17.8 Å². The summed E-state index contributed by atoms with van der Waals surface area (Å²) in [5.41, 5.74) is 3.50. The third-order valence-electron chi connectivity index (χ3n) is 4.36. The highest BCUT2D eigenvalue weighted by molar-refractivity contribution is 6.10. The van der Waals surface area contributed by atoms with Crippen LogP contribution in [-0.4, -0.2) is 33.3 Å². The monoisotopic (exact) mass is 366 g/mol. The minimum absolute atomic E-state index is 0.106. The van der Waals surface area contributed by atoms with Crippen LogP contribution in [0.3, 0.4) is 0 Å². The average Bonchev–Trinajstić information content (AvgIpc) is 3.26. The third-order valence-corrected chi connectivity index (χ3v) is 4.36. The zero-order valence-electron chi connectivity index (χ0n) is 15.9. The van der Waals surface area contributed by atoms with Crippen LogP contribution in [0, 0.1) is 0 Å². The minimum Gasteiger partial charge on any atom is -0.491 e. The fraction of sp³-hybridized carbons (Fsp3) is 0.350. The molecule has 4 aromatic rings. The Kier molecular flexibility index (Phi) is 4.53. The van der Waals surface area contributed by atoms with Gasteiger partial charge in [0.15, 0.2) is 5.82 Å². The van der Waals surface area contributed by atoms with Crippen LogP contribution < -0.4 is 4.74 Å². The molecule has 0 aliphatic heterocycles. The summed E-state index contributed by atoms with van der Waals surface area (Å²) in [5, 5.41) is 6.07. The van der Waals surface area contributed by atoms with E-state index < -0.39 is 0 Å². The number of ether oxygens (including phenoxy) is 2. The van der Waals surface area contributed by atoms with Gasteiger partial charge in [0.1, 0.15) is 11.4 Å². The number of aryl methyl sites for hydroxylation is 1. The smallest absolute Gasteiger partial charge is 0.276 e. The van der Waals surface area contributed by atoms with Gasteiger partial charge in [0, 0.05) is 35.4 Å². The molecule has 0 spiro atoms. The first kappa shape index (κ1) is 17.5. The van der Waals surface area contributed by atoms with E-state index in [1.54, 1.807) is 13.3 Å². The standard InChI is InChI=1S/C20H22N4O3/c1-5-17-23-20(27-24-17)19-14(10-25-4)18-13-8-12(26-11(2)3)6-7-15(13)22-16(18)9-21-19/h6-9,11,22H,5,10H2,1-4H3. The summed E-state index contributed by atoms with van der Waals surface area (Å²) in [7, 11) is 1.66. The van der Waals surface area contributed by atoms with Gasteiger partial charge in [0.05, 0.1) is 24.4 Å². The number of hydrogen-bond donors (Lipinski definition) is 1. The molecule has 0 atom stereocenters. The highest BCUT2D eigenvalue weighted by Gasteiger charge is 2.20. The number of methoxy groups -OCH3 is 1. The highest BCUT2D eigenvalue weighted by Crippen LogP contribution is 2.35.